The minimum atomic E-state index is -0.973. The van der Waals surface area contributed by atoms with Crippen LogP contribution in [-0.4, -0.2) is 209 Å². The van der Waals surface area contributed by atoms with E-state index in [2.05, 4.69) is 41.5 Å². The zero-order valence-corrected chi connectivity index (χ0v) is 47.6. The van der Waals surface area contributed by atoms with Crippen LogP contribution in [0.3, 0.4) is 0 Å². The van der Waals surface area contributed by atoms with Crippen molar-refractivity contribution in [2.45, 2.75) is 209 Å². The van der Waals surface area contributed by atoms with E-state index in [-0.39, 0.29) is 18.9 Å². The Bertz CT molecular complexity index is 1820. The summed E-state index contributed by atoms with van der Waals surface area (Å²) in [6.07, 6.45) is 15.0. The maximum Gasteiger partial charge on any atom is 0.133 e. The van der Waals surface area contributed by atoms with Crippen molar-refractivity contribution in [3.05, 3.63) is 0 Å². The molecule has 4 nitrogen and oxygen atoms in total. The Morgan fingerprint density at radius 3 is 1.24 bits per heavy atom. The minimum Gasteiger partial charge on any atom is -0.393 e. The lowest BCUT2D eigenvalue weighted by Gasteiger charge is -2.63. The number of aliphatic hydroxyl groups excluding tert-OH is 1. The van der Waals surface area contributed by atoms with Gasteiger partial charge in [0.25, 0.3) is 0 Å². The lowest BCUT2D eigenvalue weighted by molar-refractivity contribution is -0.158. The van der Waals surface area contributed by atoms with Crippen molar-refractivity contribution in [3.63, 3.8) is 0 Å². The van der Waals surface area contributed by atoms with E-state index in [9.17, 15) is 20.1 Å². The summed E-state index contributed by atoms with van der Waals surface area (Å²) >= 11 is 0. The third-order valence-corrected chi connectivity index (χ3v) is 24.2. The standard InChI is InChI=1S/C23H40O2.C23H38O2.CH4.B24/c2*1-5-23-13-12-21(3,25)14-16(23)6-7-17-19-9-8-18(15(2)24)22(19,4)11-10-20(17)23;;1-14(2)20(13)23(19(11)12)24(21(15(3)4)16(5)6)22(17(7)8)18(9)10/h15-20,24-25H,5-14H2,1-4H3;16-20,25H,5-14H2,1-4H3;1H4;/t15?,16-,17+,18-,19+,20+,21?,22-,23+;16-,17+,18-,19+,20+,21-,22-,23+;;/m11../s1. The molecule has 366 valence electrons. The van der Waals surface area contributed by atoms with Gasteiger partial charge in [0, 0.05) is 177 Å². The topological polar surface area (TPSA) is 77.8 Å². The van der Waals surface area contributed by atoms with Crippen molar-refractivity contribution in [2.24, 2.45) is 80.8 Å². The molecular formula is C47H82B24O4. The molecule has 0 saturated heterocycles. The number of rotatable bonds is 14. The van der Waals surface area contributed by atoms with Gasteiger partial charge in [0.2, 0.25) is 0 Å². The summed E-state index contributed by atoms with van der Waals surface area (Å²) in [5, 5.41) is 31.7. The smallest absolute Gasteiger partial charge is 0.133 e. The third kappa shape index (κ3) is 13.1. The van der Waals surface area contributed by atoms with E-state index in [1.165, 1.54) is 96.3 Å². The average molecular weight is 971 g/mol. The molecule has 0 aromatic carbocycles. The maximum atomic E-state index is 12.3. The van der Waals surface area contributed by atoms with Crippen LogP contribution >= 0.6 is 0 Å². The highest BCUT2D eigenvalue weighted by molar-refractivity contribution is 8.23. The van der Waals surface area contributed by atoms with Gasteiger partial charge in [0.05, 0.1) is 17.3 Å². The molecule has 3 N–H and O–H groups in total. The van der Waals surface area contributed by atoms with Crippen LogP contribution < -0.4 is 0 Å². The van der Waals surface area contributed by atoms with E-state index in [0.29, 0.717) is 33.9 Å². The Morgan fingerprint density at radius 1 is 0.493 bits per heavy atom. The number of ketones is 1. The van der Waals surface area contributed by atoms with Crippen molar-refractivity contribution in [3.8, 4) is 0 Å². The Kier molecular flexibility index (Phi) is 23.1. The highest BCUT2D eigenvalue weighted by Gasteiger charge is 2.64. The Hall–Kier alpha value is 1.11. The molecule has 26 radical (unpaired) electrons. The summed E-state index contributed by atoms with van der Waals surface area (Å²) < 4.78 is 0. The first-order chi connectivity index (χ1) is 34.3. The predicted molar refractivity (Wildman–Crippen MR) is 348 cm³/mol. The van der Waals surface area contributed by atoms with Gasteiger partial charge in [-0.3, -0.25) is 4.79 Å². The van der Waals surface area contributed by atoms with E-state index in [4.69, 9.17) is 101 Å². The first-order valence-electron chi connectivity index (χ1n) is 29.8. The number of carbonyl (C=O) groups excluding carboxylic acids is 1. The van der Waals surface area contributed by atoms with Gasteiger partial charge in [-0.15, -0.1) is 0 Å². The van der Waals surface area contributed by atoms with Crippen LogP contribution in [0, 0.1) is 80.8 Å². The van der Waals surface area contributed by atoms with Gasteiger partial charge in [0.15, 0.2) is 0 Å². The molecule has 0 aromatic heterocycles. The van der Waals surface area contributed by atoms with Crippen molar-refractivity contribution >= 4 is 177 Å². The maximum absolute atomic E-state index is 12.3. The Labute approximate surface area is 483 Å². The third-order valence-electron chi connectivity index (χ3n) is 24.2. The molecule has 0 amide bonds. The molecule has 8 saturated carbocycles. The summed E-state index contributed by atoms with van der Waals surface area (Å²) in [6.45, 7) is 17.8. The van der Waals surface area contributed by atoms with Crippen LogP contribution in [0.15, 0.2) is 0 Å². The second-order valence-corrected chi connectivity index (χ2v) is 28.0. The molecule has 0 aromatic rings. The number of hydrogen-bond donors (Lipinski definition) is 3. The van der Waals surface area contributed by atoms with Crippen molar-refractivity contribution < 1.29 is 20.1 Å². The molecule has 0 heterocycles. The summed E-state index contributed by atoms with van der Waals surface area (Å²) in [5.41, 5.74) is 0.749. The normalized spacial score (nSPS) is 40.3. The monoisotopic (exact) mass is 975 g/mol. The highest BCUT2D eigenvalue weighted by Crippen LogP contribution is 2.71. The molecule has 8 aliphatic rings. The Balaban J connectivity index is 0.000000207. The van der Waals surface area contributed by atoms with Crippen LogP contribution in [0.2, 0.25) is 0 Å². The molecule has 0 aliphatic heterocycles. The van der Waals surface area contributed by atoms with Crippen molar-refractivity contribution in [2.75, 3.05) is 0 Å². The summed E-state index contributed by atoms with van der Waals surface area (Å²) in [4.78, 5) is 12.3. The molecule has 8 rings (SSSR count). The number of Topliss-reactive ketones (excluding diaryl/α,β-unsaturated/α-hetero) is 1. The number of fused-ring (bicyclic) bond motifs is 10. The van der Waals surface area contributed by atoms with Gasteiger partial charge < -0.3 is 15.3 Å². The molecule has 28 heteroatoms. The fourth-order valence-electron chi connectivity index (χ4n) is 20.7. The average Bonchev–Trinajstić information content (AvgIpc) is 3.85. The van der Waals surface area contributed by atoms with E-state index in [1.807, 2.05) is 13.8 Å². The quantitative estimate of drug-likeness (QED) is 0.234. The first kappa shape index (κ1) is 66.9. The van der Waals surface area contributed by atoms with E-state index < -0.39 is 81.4 Å². The van der Waals surface area contributed by atoms with Crippen LogP contribution in [-0.2, 0) is 4.79 Å². The molecule has 8 fully saturated rings. The van der Waals surface area contributed by atoms with Gasteiger partial charge in [-0.2, -0.15) is 0 Å². The van der Waals surface area contributed by atoms with Crippen molar-refractivity contribution in [1.82, 2.24) is 0 Å². The zero-order chi connectivity index (χ0) is 55.4. The van der Waals surface area contributed by atoms with Crippen molar-refractivity contribution in [1.29, 1.82) is 0 Å². The van der Waals surface area contributed by atoms with Crippen LogP contribution in [0.25, 0.3) is 0 Å². The molecule has 0 bridgehead atoms. The first-order valence-corrected chi connectivity index (χ1v) is 29.8. The number of hydrogen-bond acceptors (Lipinski definition) is 4. The zero-order valence-electron chi connectivity index (χ0n) is 47.6. The second kappa shape index (κ2) is 25.9. The lowest BCUT2D eigenvalue weighted by atomic mass is 8.35. The molecule has 0 spiro atoms. The lowest BCUT2D eigenvalue weighted by Crippen LogP contribution is -2.84. The van der Waals surface area contributed by atoms with Gasteiger partial charge in [-0.05, 0) is 231 Å². The number of aliphatic hydroxyl groups is 3. The second-order valence-electron chi connectivity index (χ2n) is 28.0. The minimum absolute atomic E-state index is 0. The fraction of sp³-hybridized carbons (Fsp3) is 0.979. The predicted octanol–water partition coefficient (Wildman–Crippen LogP) is 2.04. The van der Waals surface area contributed by atoms with Gasteiger partial charge in [-0.1, -0.05) is 35.1 Å². The highest BCUT2D eigenvalue weighted by atomic mass is 16.3. The largest absolute Gasteiger partial charge is 0.393 e. The fourth-order valence-corrected chi connectivity index (χ4v) is 20.7. The van der Waals surface area contributed by atoms with Crippen LogP contribution in [0.4, 0.5) is 0 Å². The van der Waals surface area contributed by atoms with Gasteiger partial charge >= 0.3 is 0 Å². The summed E-state index contributed by atoms with van der Waals surface area (Å²) in [5.74, 6) is 7.76. The molecule has 8 aliphatic carbocycles. The van der Waals surface area contributed by atoms with E-state index in [1.54, 1.807) is 0 Å². The number of carbonyl (C=O) groups is 1. The van der Waals surface area contributed by atoms with Crippen LogP contribution in [0.1, 0.15) is 191 Å². The summed E-state index contributed by atoms with van der Waals surface area (Å²) in [7, 11) is 76.2. The van der Waals surface area contributed by atoms with E-state index in [0.717, 1.165) is 79.4 Å². The molecule has 17 atom stereocenters. The van der Waals surface area contributed by atoms with Gasteiger partial charge in [-0.25, -0.2) is 0 Å². The van der Waals surface area contributed by atoms with Gasteiger partial charge in [0.1, 0.15) is 5.78 Å². The molecule has 75 heavy (non-hydrogen) atoms. The molecule has 2 unspecified atom stereocenters. The SMILES string of the molecule is C.CC[C@]12CCC(C)(O)C[C@H]1CC[C@H]1[C@@H]3CC[C@H](C(C)O)[C@@]3(C)CC[C@@H]12.CC[C@]12CC[C@@](C)(O)C[C@H]1CC[C@H]1[C@@H]3CC[C@H](C(C)=O)[C@@]3(C)CC[C@@H]12.[B]B([B])B([B])B(B([B])[B])B(B(B([B])[B])B([B])[B])B(B([B])[B])B([B])[B]. The van der Waals surface area contributed by atoms with Crippen LogP contribution in [0.5, 0.6) is 0 Å². The molecular weight excluding hydrogens is 888 g/mol. The Morgan fingerprint density at radius 2 is 0.880 bits per heavy atom. The van der Waals surface area contributed by atoms with E-state index >= 15 is 0 Å². The summed E-state index contributed by atoms with van der Waals surface area (Å²) in [6, 6.07) is 0.